The second-order valence-corrected chi connectivity index (χ2v) is 7.91. The first-order valence-corrected chi connectivity index (χ1v) is 9.85. The molecule has 0 spiro atoms. The van der Waals surface area contributed by atoms with E-state index in [1.165, 1.54) is 24.3 Å². The van der Waals surface area contributed by atoms with Gasteiger partial charge in [0.25, 0.3) is 15.9 Å². The third-order valence-corrected chi connectivity index (χ3v) is 5.61. The smallest absolute Gasteiger partial charge is 0.265 e. The Balaban J connectivity index is 1.65. The van der Waals surface area contributed by atoms with Gasteiger partial charge in [-0.3, -0.25) is 14.9 Å². The van der Waals surface area contributed by atoms with Gasteiger partial charge in [0.05, 0.1) is 4.90 Å². The van der Waals surface area contributed by atoms with Crippen molar-refractivity contribution < 1.29 is 13.2 Å². The quantitative estimate of drug-likeness (QED) is 0.826. The molecule has 0 saturated carbocycles. The highest BCUT2D eigenvalue weighted by molar-refractivity contribution is 7.92. The molecule has 0 atom stereocenters. The molecule has 1 fully saturated rings. The van der Waals surface area contributed by atoms with Gasteiger partial charge in [-0.1, -0.05) is 18.2 Å². The Morgan fingerprint density at radius 2 is 1.54 bits per heavy atom. The van der Waals surface area contributed by atoms with Crippen LogP contribution in [-0.2, 0) is 10.0 Å². The highest BCUT2D eigenvalue weighted by Crippen LogP contribution is 2.16. The Morgan fingerprint density at radius 1 is 0.923 bits per heavy atom. The van der Waals surface area contributed by atoms with Gasteiger partial charge in [0, 0.05) is 37.4 Å². The van der Waals surface area contributed by atoms with E-state index in [1.54, 1.807) is 24.3 Å². The number of hydrogen-bond donors (Lipinski definition) is 2. The van der Waals surface area contributed by atoms with Crippen LogP contribution in [0.5, 0.6) is 0 Å². The maximum absolute atomic E-state index is 12.4. The number of rotatable bonds is 5. The molecule has 0 unspecified atom stereocenters. The summed E-state index contributed by atoms with van der Waals surface area (Å²) in [5.41, 5.74) is 3.77. The maximum atomic E-state index is 12.4. The lowest BCUT2D eigenvalue weighted by atomic mass is 10.2. The molecule has 0 radical (unpaired) electrons. The molecule has 1 aliphatic heterocycles. The SMILES string of the molecule is CN1CCN(NC(=O)c2ccc(S(=O)(=O)Nc3ccccc3)cc2)CC1. The highest BCUT2D eigenvalue weighted by atomic mass is 32.2. The van der Waals surface area contributed by atoms with E-state index >= 15 is 0 Å². The van der Waals surface area contributed by atoms with Gasteiger partial charge in [0.2, 0.25) is 0 Å². The van der Waals surface area contributed by atoms with E-state index in [4.69, 9.17) is 0 Å². The molecule has 7 nitrogen and oxygen atoms in total. The number of benzene rings is 2. The van der Waals surface area contributed by atoms with E-state index in [2.05, 4.69) is 15.0 Å². The lowest BCUT2D eigenvalue weighted by molar-refractivity contribution is 0.0662. The van der Waals surface area contributed by atoms with Crippen LogP contribution in [0.2, 0.25) is 0 Å². The van der Waals surface area contributed by atoms with Crippen molar-refractivity contribution in [1.29, 1.82) is 0 Å². The lowest BCUT2D eigenvalue weighted by Gasteiger charge is -2.32. The van der Waals surface area contributed by atoms with E-state index in [9.17, 15) is 13.2 Å². The Kier molecular flexibility index (Phi) is 5.55. The Bertz CT molecular complexity index is 846. The fourth-order valence-corrected chi connectivity index (χ4v) is 3.69. The van der Waals surface area contributed by atoms with Crippen LogP contribution in [0.15, 0.2) is 59.5 Å². The summed E-state index contributed by atoms with van der Waals surface area (Å²) in [6, 6.07) is 14.6. The number of hydrogen-bond acceptors (Lipinski definition) is 5. The molecular weight excluding hydrogens is 352 g/mol. The summed E-state index contributed by atoms with van der Waals surface area (Å²) in [6.07, 6.45) is 0. The van der Waals surface area contributed by atoms with Gasteiger partial charge in [-0.15, -0.1) is 0 Å². The summed E-state index contributed by atoms with van der Waals surface area (Å²) in [5, 5.41) is 1.88. The second kappa shape index (κ2) is 7.86. The summed E-state index contributed by atoms with van der Waals surface area (Å²) in [6.45, 7) is 3.30. The molecular formula is C18H22N4O3S. The fraction of sp³-hybridized carbons (Fsp3) is 0.278. The number of para-hydroxylation sites is 1. The Morgan fingerprint density at radius 3 is 2.15 bits per heavy atom. The molecule has 1 heterocycles. The van der Waals surface area contributed by atoms with Crippen molar-refractivity contribution in [1.82, 2.24) is 15.3 Å². The number of nitrogens with zero attached hydrogens (tertiary/aromatic N) is 2. The van der Waals surface area contributed by atoms with Crippen molar-refractivity contribution in [3.8, 4) is 0 Å². The number of amides is 1. The van der Waals surface area contributed by atoms with Crippen LogP contribution in [0.25, 0.3) is 0 Å². The van der Waals surface area contributed by atoms with E-state index in [0.29, 0.717) is 11.3 Å². The third-order valence-electron chi connectivity index (χ3n) is 4.22. The van der Waals surface area contributed by atoms with Gasteiger partial charge in [0.1, 0.15) is 0 Å². The summed E-state index contributed by atoms with van der Waals surface area (Å²) >= 11 is 0. The minimum absolute atomic E-state index is 0.109. The minimum atomic E-state index is -3.69. The Hall–Kier alpha value is -2.42. The molecule has 138 valence electrons. The topological polar surface area (TPSA) is 81.8 Å². The number of sulfonamides is 1. The van der Waals surface area contributed by atoms with Crippen molar-refractivity contribution in [3.63, 3.8) is 0 Å². The average Bonchev–Trinajstić information content (AvgIpc) is 2.64. The molecule has 2 N–H and O–H groups in total. The molecule has 3 rings (SSSR count). The summed E-state index contributed by atoms with van der Waals surface area (Å²) < 4.78 is 27.3. The van der Waals surface area contributed by atoms with Crippen molar-refractivity contribution in [2.75, 3.05) is 37.9 Å². The molecule has 2 aromatic carbocycles. The number of hydrazine groups is 1. The lowest BCUT2D eigenvalue weighted by Crippen LogP contribution is -2.52. The molecule has 0 bridgehead atoms. The largest absolute Gasteiger partial charge is 0.304 e. The molecule has 0 aliphatic carbocycles. The van der Waals surface area contributed by atoms with Crippen LogP contribution < -0.4 is 10.1 Å². The summed E-state index contributed by atoms with van der Waals surface area (Å²) in [4.78, 5) is 14.6. The van der Waals surface area contributed by atoms with E-state index in [1.807, 2.05) is 18.1 Å². The fourth-order valence-electron chi connectivity index (χ4n) is 2.63. The molecule has 26 heavy (non-hydrogen) atoms. The zero-order valence-corrected chi connectivity index (χ0v) is 15.4. The number of carbonyl (C=O) groups is 1. The summed E-state index contributed by atoms with van der Waals surface area (Å²) in [5.74, 6) is -0.241. The van der Waals surface area contributed by atoms with Crippen LogP contribution in [0, 0.1) is 0 Å². The predicted molar refractivity (Wildman–Crippen MR) is 100 cm³/mol. The summed E-state index contributed by atoms with van der Waals surface area (Å²) in [7, 11) is -1.64. The number of carbonyl (C=O) groups excluding carboxylic acids is 1. The predicted octanol–water partition coefficient (Wildman–Crippen LogP) is 1.38. The number of likely N-dealkylation sites (N-methyl/N-ethyl adjacent to an activating group) is 1. The van der Waals surface area contributed by atoms with Crippen LogP contribution >= 0.6 is 0 Å². The van der Waals surface area contributed by atoms with Gasteiger partial charge in [-0.25, -0.2) is 13.4 Å². The van der Waals surface area contributed by atoms with Crippen molar-refractivity contribution in [2.24, 2.45) is 0 Å². The molecule has 1 amide bonds. The standard InChI is InChI=1S/C18H22N4O3S/c1-21-11-13-22(14-12-21)19-18(23)15-7-9-17(10-8-15)26(24,25)20-16-5-3-2-4-6-16/h2-10,20H,11-14H2,1H3,(H,19,23). The normalized spacial score (nSPS) is 16.2. The third kappa shape index (κ3) is 4.60. The molecule has 1 saturated heterocycles. The van der Waals surface area contributed by atoms with Gasteiger partial charge >= 0.3 is 0 Å². The maximum Gasteiger partial charge on any atom is 0.265 e. The molecule has 8 heteroatoms. The first-order valence-electron chi connectivity index (χ1n) is 8.36. The highest BCUT2D eigenvalue weighted by Gasteiger charge is 2.18. The first kappa shape index (κ1) is 18.4. The van der Waals surface area contributed by atoms with Crippen LogP contribution in [0.3, 0.4) is 0 Å². The molecule has 0 aromatic heterocycles. The molecule has 1 aliphatic rings. The van der Waals surface area contributed by atoms with Crippen molar-refractivity contribution in [3.05, 3.63) is 60.2 Å². The first-order chi connectivity index (χ1) is 12.4. The van der Waals surface area contributed by atoms with Crippen LogP contribution in [0.4, 0.5) is 5.69 Å². The van der Waals surface area contributed by atoms with E-state index in [-0.39, 0.29) is 10.8 Å². The number of piperazine rings is 1. The van der Waals surface area contributed by atoms with Crippen LogP contribution in [-0.4, -0.2) is 57.5 Å². The Labute approximate surface area is 153 Å². The average molecular weight is 374 g/mol. The van der Waals surface area contributed by atoms with E-state index < -0.39 is 10.0 Å². The zero-order valence-electron chi connectivity index (χ0n) is 14.6. The number of nitrogens with one attached hydrogen (secondary N) is 2. The second-order valence-electron chi connectivity index (χ2n) is 6.23. The van der Waals surface area contributed by atoms with Crippen molar-refractivity contribution in [2.45, 2.75) is 4.90 Å². The zero-order chi connectivity index (χ0) is 18.6. The van der Waals surface area contributed by atoms with Gasteiger partial charge in [0.15, 0.2) is 0 Å². The van der Waals surface area contributed by atoms with Gasteiger partial charge in [-0.05, 0) is 43.4 Å². The number of anilines is 1. The van der Waals surface area contributed by atoms with Gasteiger partial charge in [-0.2, -0.15) is 0 Å². The minimum Gasteiger partial charge on any atom is -0.304 e. The van der Waals surface area contributed by atoms with Gasteiger partial charge < -0.3 is 4.90 Å². The monoisotopic (exact) mass is 374 g/mol. The van der Waals surface area contributed by atoms with E-state index in [0.717, 1.165) is 26.2 Å². The molecule has 2 aromatic rings. The van der Waals surface area contributed by atoms with Crippen molar-refractivity contribution >= 4 is 21.6 Å². The van der Waals surface area contributed by atoms with Crippen LogP contribution in [0.1, 0.15) is 10.4 Å².